The van der Waals surface area contributed by atoms with Gasteiger partial charge in [-0.3, -0.25) is 4.79 Å². The second-order valence-corrected chi connectivity index (χ2v) is 3.58. The van der Waals surface area contributed by atoms with Crippen LogP contribution in [0, 0.1) is 0 Å². The van der Waals surface area contributed by atoms with Crippen LogP contribution < -0.4 is 10.6 Å². The normalized spacial score (nSPS) is 9.94. The molecule has 0 saturated carbocycles. The number of rotatable bonds is 10. The van der Waals surface area contributed by atoms with Gasteiger partial charge in [0.25, 0.3) is 0 Å². The average Bonchev–Trinajstić information content (AvgIpc) is 2.28. The van der Waals surface area contributed by atoms with Gasteiger partial charge in [0, 0.05) is 32.7 Å². The molecule has 0 aliphatic carbocycles. The van der Waals surface area contributed by atoms with Crippen LogP contribution in [0.3, 0.4) is 0 Å². The van der Waals surface area contributed by atoms with Gasteiger partial charge in [0.05, 0.1) is 0 Å². The number of unbranched alkanes of at least 4 members (excludes halogenated alkanes) is 1. The Morgan fingerprint density at radius 2 is 1.76 bits per heavy atom. The summed E-state index contributed by atoms with van der Waals surface area (Å²) in [6.45, 7) is 4.36. The van der Waals surface area contributed by atoms with Crippen molar-refractivity contribution in [2.24, 2.45) is 0 Å². The first-order valence-corrected chi connectivity index (χ1v) is 5.98. The molecule has 0 bridgehead atoms. The lowest BCUT2D eigenvalue weighted by Gasteiger charge is -2.07. The van der Waals surface area contributed by atoms with Crippen molar-refractivity contribution in [2.45, 2.75) is 32.6 Å². The molecule has 0 saturated heterocycles. The van der Waals surface area contributed by atoms with E-state index in [1.807, 2.05) is 6.92 Å². The Kier molecular flexibility index (Phi) is 10.3. The first kappa shape index (κ1) is 15.7. The van der Waals surface area contributed by atoms with E-state index in [2.05, 4.69) is 10.6 Å². The first-order valence-electron chi connectivity index (χ1n) is 5.98. The van der Waals surface area contributed by atoms with Crippen molar-refractivity contribution >= 4 is 12.0 Å². The molecule has 0 aliphatic rings. The fourth-order valence-electron chi connectivity index (χ4n) is 1.19. The highest BCUT2D eigenvalue weighted by Crippen LogP contribution is 1.93. The van der Waals surface area contributed by atoms with E-state index in [1.165, 1.54) is 0 Å². The van der Waals surface area contributed by atoms with E-state index in [0.29, 0.717) is 39.1 Å². The van der Waals surface area contributed by atoms with Gasteiger partial charge in [-0.25, -0.2) is 4.79 Å². The summed E-state index contributed by atoms with van der Waals surface area (Å²) in [6, 6.07) is -0.211. The molecular weight excluding hydrogens is 224 g/mol. The summed E-state index contributed by atoms with van der Waals surface area (Å²) < 4.78 is 5.12. The summed E-state index contributed by atoms with van der Waals surface area (Å²) in [5.41, 5.74) is 0. The smallest absolute Gasteiger partial charge is 0.314 e. The second kappa shape index (κ2) is 11.2. The van der Waals surface area contributed by atoms with Crippen molar-refractivity contribution in [3.05, 3.63) is 0 Å². The third kappa shape index (κ3) is 12.6. The van der Waals surface area contributed by atoms with Gasteiger partial charge in [0.15, 0.2) is 0 Å². The predicted molar refractivity (Wildman–Crippen MR) is 64.0 cm³/mol. The van der Waals surface area contributed by atoms with Gasteiger partial charge in [-0.05, 0) is 26.2 Å². The highest BCUT2D eigenvalue weighted by Gasteiger charge is 1.99. The van der Waals surface area contributed by atoms with Crippen molar-refractivity contribution in [1.29, 1.82) is 0 Å². The van der Waals surface area contributed by atoms with E-state index in [0.717, 1.165) is 6.42 Å². The van der Waals surface area contributed by atoms with Gasteiger partial charge in [-0.2, -0.15) is 0 Å². The lowest BCUT2D eigenvalue weighted by molar-refractivity contribution is -0.137. The third-order valence-electron chi connectivity index (χ3n) is 2.06. The highest BCUT2D eigenvalue weighted by atomic mass is 16.5. The molecule has 0 fully saturated rings. The SMILES string of the molecule is CCOCCCNC(=O)NCCCCC(=O)O. The zero-order chi connectivity index (χ0) is 12.9. The van der Waals surface area contributed by atoms with Crippen LogP contribution in [-0.4, -0.2) is 43.4 Å². The number of amides is 2. The van der Waals surface area contributed by atoms with Crippen LogP contribution in [-0.2, 0) is 9.53 Å². The minimum absolute atomic E-state index is 0.150. The third-order valence-corrected chi connectivity index (χ3v) is 2.06. The highest BCUT2D eigenvalue weighted by molar-refractivity contribution is 5.73. The lowest BCUT2D eigenvalue weighted by Crippen LogP contribution is -2.36. The molecule has 0 aromatic heterocycles. The van der Waals surface area contributed by atoms with Crippen LogP contribution in [0.1, 0.15) is 32.6 Å². The van der Waals surface area contributed by atoms with E-state index in [9.17, 15) is 9.59 Å². The molecule has 0 unspecified atom stereocenters. The van der Waals surface area contributed by atoms with Crippen molar-refractivity contribution in [2.75, 3.05) is 26.3 Å². The second-order valence-electron chi connectivity index (χ2n) is 3.58. The summed E-state index contributed by atoms with van der Waals surface area (Å²) in [6.07, 6.45) is 2.20. The molecule has 2 amide bonds. The van der Waals surface area contributed by atoms with Crippen LogP contribution in [0.4, 0.5) is 4.79 Å². The summed E-state index contributed by atoms with van der Waals surface area (Å²) >= 11 is 0. The number of urea groups is 1. The van der Waals surface area contributed by atoms with Gasteiger partial charge in [0.2, 0.25) is 0 Å². The van der Waals surface area contributed by atoms with E-state index < -0.39 is 5.97 Å². The summed E-state index contributed by atoms with van der Waals surface area (Å²) in [5, 5.41) is 13.8. The molecule has 0 aromatic carbocycles. The summed E-state index contributed by atoms with van der Waals surface area (Å²) in [7, 11) is 0. The van der Waals surface area contributed by atoms with Crippen LogP contribution in [0.25, 0.3) is 0 Å². The van der Waals surface area contributed by atoms with Gasteiger partial charge in [-0.15, -0.1) is 0 Å². The Labute approximate surface area is 102 Å². The largest absolute Gasteiger partial charge is 0.481 e. The quantitative estimate of drug-likeness (QED) is 0.501. The molecule has 3 N–H and O–H groups in total. The number of carbonyl (C=O) groups excluding carboxylic acids is 1. The molecule has 6 heteroatoms. The molecule has 0 aromatic rings. The van der Waals surface area contributed by atoms with Crippen molar-refractivity contribution in [3.63, 3.8) is 0 Å². The zero-order valence-corrected chi connectivity index (χ0v) is 10.3. The number of hydrogen-bond acceptors (Lipinski definition) is 3. The van der Waals surface area contributed by atoms with Gasteiger partial charge < -0.3 is 20.5 Å². The number of carboxylic acid groups (broad SMARTS) is 1. The summed E-state index contributed by atoms with van der Waals surface area (Å²) in [4.78, 5) is 21.4. The number of nitrogens with one attached hydrogen (secondary N) is 2. The maximum atomic E-state index is 11.2. The minimum atomic E-state index is -0.801. The molecule has 17 heavy (non-hydrogen) atoms. The topological polar surface area (TPSA) is 87.7 Å². The Morgan fingerprint density at radius 3 is 2.35 bits per heavy atom. The predicted octanol–water partition coefficient (Wildman–Crippen LogP) is 0.967. The van der Waals surface area contributed by atoms with Crippen LogP contribution in [0.15, 0.2) is 0 Å². The number of carboxylic acids is 1. The molecule has 6 nitrogen and oxygen atoms in total. The molecule has 0 heterocycles. The van der Waals surface area contributed by atoms with Crippen molar-refractivity contribution < 1.29 is 19.4 Å². The summed E-state index contributed by atoms with van der Waals surface area (Å²) in [5.74, 6) is -0.801. The van der Waals surface area contributed by atoms with Gasteiger partial charge in [0.1, 0.15) is 0 Å². The number of ether oxygens (including phenoxy) is 1. The van der Waals surface area contributed by atoms with Crippen molar-refractivity contribution in [3.8, 4) is 0 Å². The molecule has 100 valence electrons. The Balaban J connectivity index is 3.20. The lowest BCUT2D eigenvalue weighted by atomic mass is 10.2. The number of carbonyl (C=O) groups is 2. The molecule has 0 radical (unpaired) electrons. The fourth-order valence-corrected chi connectivity index (χ4v) is 1.19. The molecule has 0 atom stereocenters. The maximum absolute atomic E-state index is 11.2. The Morgan fingerprint density at radius 1 is 1.12 bits per heavy atom. The molecule has 0 rings (SSSR count). The van der Waals surface area contributed by atoms with Gasteiger partial charge >= 0.3 is 12.0 Å². The van der Waals surface area contributed by atoms with Crippen LogP contribution in [0.2, 0.25) is 0 Å². The average molecular weight is 246 g/mol. The molecule has 0 spiro atoms. The van der Waals surface area contributed by atoms with Gasteiger partial charge in [-0.1, -0.05) is 0 Å². The first-order chi connectivity index (χ1) is 8.16. The monoisotopic (exact) mass is 246 g/mol. The molecule has 0 aliphatic heterocycles. The van der Waals surface area contributed by atoms with E-state index in [4.69, 9.17) is 9.84 Å². The fraction of sp³-hybridized carbons (Fsp3) is 0.818. The minimum Gasteiger partial charge on any atom is -0.481 e. The van der Waals surface area contributed by atoms with Crippen LogP contribution in [0.5, 0.6) is 0 Å². The maximum Gasteiger partial charge on any atom is 0.314 e. The molecular formula is C11H22N2O4. The van der Waals surface area contributed by atoms with E-state index >= 15 is 0 Å². The Bertz CT molecular complexity index is 222. The Hall–Kier alpha value is -1.30. The standard InChI is InChI=1S/C11H22N2O4/c1-2-17-9-5-8-13-11(16)12-7-4-3-6-10(14)15/h2-9H2,1H3,(H,14,15)(H2,12,13,16). The number of aliphatic carboxylic acids is 1. The number of hydrogen-bond donors (Lipinski definition) is 3. The van der Waals surface area contributed by atoms with E-state index in [-0.39, 0.29) is 12.5 Å². The van der Waals surface area contributed by atoms with E-state index in [1.54, 1.807) is 0 Å². The zero-order valence-electron chi connectivity index (χ0n) is 10.3. The van der Waals surface area contributed by atoms with Crippen LogP contribution >= 0.6 is 0 Å². The van der Waals surface area contributed by atoms with Crippen molar-refractivity contribution in [1.82, 2.24) is 10.6 Å².